The molecular weight excluding hydrogens is 304 g/mol. The van der Waals surface area contributed by atoms with Crippen molar-refractivity contribution in [2.24, 2.45) is 0 Å². The molecule has 0 spiro atoms. The number of benzene rings is 2. The summed E-state index contributed by atoms with van der Waals surface area (Å²) in [5.74, 6) is 0.0241. The standard InChI is InChI=1S/C19H18N2O3/c22-15-6-7-16-13(8-15)9-17(21-16)18(23)20-10-19(11-24-12-19)14-4-2-1-3-5-14/h1-9,21-22H,10-12H2,(H,20,23). The number of ether oxygens (including phenoxy) is 1. The van der Waals surface area contributed by atoms with Crippen LogP contribution in [0.2, 0.25) is 0 Å². The summed E-state index contributed by atoms with van der Waals surface area (Å²) in [6.45, 7) is 1.74. The molecule has 5 heteroatoms. The van der Waals surface area contributed by atoms with Gasteiger partial charge in [0.2, 0.25) is 0 Å². The van der Waals surface area contributed by atoms with Gasteiger partial charge in [0.05, 0.1) is 18.6 Å². The van der Waals surface area contributed by atoms with Crippen LogP contribution >= 0.6 is 0 Å². The third-order valence-corrected chi connectivity index (χ3v) is 4.58. The summed E-state index contributed by atoms with van der Waals surface area (Å²) < 4.78 is 5.40. The molecule has 0 unspecified atom stereocenters. The van der Waals surface area contributed by atoms with Gasteiger partial charge in [-0.2, -0.15) is 0 Å². The molecule has 0 radical (unpaired) electrons. The molecule has 5 nitrogen and oxygen atoms in total. The van der Waals surface area contributed by atoms with E-state index in [0.717, 1.165) is 10.9 Å². The molecule has 1 aromatic heterocycles. The molecule has 3 N–H and O–H groups in total. The van der Waals surface area contributed by atoms with Gasteiger partial charge in [-0.25, -0.2) is 0 Å². The smallest absolute Gasteiger partial charge is 0.267 e. The third kappa shape index (κ3) is 2.53. The monoisotopic (exact) mass is 322 g/mol. The summed E-state index contributed by atoms with van der Waals surface area (Å²) in [5.41, 5.74) is 2.33. The van der Waals surface area contributed by atoms with Crippen LogP contribution in [0.5, 0.6) is 5.75 Å². The molecule has 1 aliphatic heterocycles. The normalized spacial score (nSPS) is 15.8. The summed E-state index contributed by atoms with van der Waals surface area (Å²) in [4.78, 5) is 15.6. The lowest BCUT2D eigenvalue weighted by Crippen LogP contribution is -2.54. The second kappa shape index (κ2) is 5.69. The van der Waals surface area contributed by atoms with E-state index in [2.05, 4.69) is 22.4 Å². The molecule has 1 saturated heterocycles. The number of nitrogens with one attached hydrogen (secondary N) is 2. The van der Waals surface area contributed by atoms with Crippen molar-refractivity contribution in [1.29, 1.82) is 0 Å². The van der Waals surface area contributed by atoms with Crippen molar-refractivity contribution >= 4 is 16.8 Å². The molecule has 2 aromatic carbocycles. The minimum absolute atomic E-state index is 0.152. The lowest BCUT2D eigenvalue weighted by molar-refractivity contribution is -0.0580. The van der Waals surface area contributed by atoms with Crippen LogP contribution < -0.4 is 5.32 Å². The fourth-order valence-corrected chi connectivity index (χ4v) is 3.10. The Morgan fingerprint density at radius 3 is 2.67 bits per heavy atom. The Morgan fingerprint density at radius 1 is 1.17 bits per heavy atom. The number of fused-ring (bicyclic) bond motifs is 1. The number of aromatic nitrogens is 1. The predicted octanol–water partition coefficient (Wildman–Crippen LogP) is 2.57. The molecule has 4 rings (SSSR count). The van der Waals surface area contributed by atoms with Gasteiger partial charge in [0, 0.05) is 17.4 Å². The van der Waals surface area contributed by atoms with Crippen LogP contribution in [0.15, 0.2) is 54.6 Å². The van der Waals surface area contributed by atoms with Gasteiger partial charge in [-0.1, -0.05) is 30.3 Å². The van der Waals surface area contributed by atoms with Crippen LogP contribution in [-0.2, 0) is 10.2 Å². The number of hydrogen-bond acceptors (Lipinski definition) is 3. The van der Waals surface area contributed by atoms with Gasteiger partial charge in [-0.3, -0.25) is 4.79 Å². The summed E-state index contributed by atoms with van der Waals surface area (Å²) in [6, 6.07) is 16.9. The van der Waals surface area contributed by atoms with Crippen LogP contribution in [0.1, 0.15) is 16.1 Å². The molecule has 122 valence electrons. The first kappa shape index (κ1) is 14.8. The Kier molecular flexibility index (Phi) is 3.50. The summed E-state index contributed by atoms with van der Waals surface area (Å²) in [7, 11) is 0. The van der Waals surface area contributed by atoms with Gasteiger partial charge in [-0.15, -0.1) is 0 Å². The molecule has 3 aromatic rings. The van der Waals surface area contributed by atoms with E-state index >= 15 is 0 Å². The van der Waals surface area contributed by atoms with Gasteiger partial charge in [0.15, 0.2) is 0 Å². The second-order valence-corrected chi connectivity index (χ2v) is 6.28. The molecule has 0 bridgehead atoms. The number of H-pyrrole nitrogens is 1. The van der Waals surface area contributed by atoms with Crippen molar-refractivity contribution in [2.75, 3.05) is 19.8 Å². The van der Waals surface area contributed by atoms with Crippen molar-refractivity contribution in [2.45, 2.75) is 5.41 Å². The zero-order valence-corrected chi connectivity index (χ0v) is 13.1. The maximum absolute atomic E-state index is 12.5. The summed E-state index contributed by atoms with van der Waals surface area (Å²) in [5, 5.41) is 13.3. The van der Waals surface area contributed by atoms with Crippen LogP contribution in [0.3, 0.4) is 0 Å². The fourth-order valence-electron chi connectivity index (χ4n) is 3.10. The van der Waals surface area contributed by atoms with Crippen LogP contribution in [0, 0.1) is 0 Å². The predicted molar refractivity (Wildman–Crippen MR) is 91.2 cm³/mol. The molecule has 1 amide bonds. The summed E-state index contributed by atoms with van der Waals surface area (Å²) in [6.07, 6.45) is 0. The van der Waals surface area contributed by atoms with E-state index in [0.29, 0.717) is 25.5 Å². The lowest BCUT2D eigenvalue weighted by atomic mass is 9.78. The number of hydrogen-bond donors (Lipinski definition) is 3. The molecule has 1 fully saturated rings. The molecule has 0 aliphatic carbocycles. The fraction of sp³-hybridized carbons (Fsp3) is 0.211. The Morgan fingerprint density at radius 2 is 1.96 bits per heavy atom. The largest absolute Gasteiger partial charge is 0.508 e. The van der Waals surface area contributed by atoms with Gasteiger partial charge in [0.1, 0.15) is 11.4 Å². The molecule has 0 atom stereocenters. The van der Waals surface area contributed by atoms with E-state index in [1.54, 1.807) is 24.3 Å². The van der Waals surface area contributed by atoms with E-state index in [9.17, 15) is 9.90 Å². The van der Waals surface area contributed by atoms with Gasteiger partial charge in [-0.05, 0) is 29.8 Å². The van der Waals surface area contributed by atoms with Crippen LogP contribution in [0.4, 0.5) is 0 Å². The topological polar surface area (TPSA) is 74.3 Å². The Balaban J connectivity index is 1.51. The van der Waals surface area contributed by atoms with Gasteiger partial charge < -0.3 is 20.1 Å². The summed E-state index contributed by atoms with van der Waals surface area (Å²) >= 11 is 0. The number of amides is 1. The average molecular weight is 322 g/mol. The van der Waals surface area contributed by atoms with Gasteiger partial charge in [0.25, 0.3) is 5.91 Å². The van der Waals surface area contributed by atoms with Crippen molar-refractivity contribution in [3.63, 3.8) is 0 Å². The number of aromatic amines is 1. The van der Waals surface area contributed by atoms with Crippen molar-refractivity contribution < 1.29 is 14.6 Å². The molecule has 1 aliphatic rings. The van der Waals surface area contributed by atoms with E-state index < -0.39 is 0 Å². The Bertz CT molecular complexity index is 882. The first-order chi connectivity index (χ1) is 11.7. The quantitative estimate of drug-likeness (QED) is 0.691. The molecule has 0 saturated carbocycles. The molecule has 2 heterocycles. The van der Waals surface area contributed by atoms with E-state index in [-0.39, 0.29) is 17.1 Å². The maximum Gasteiger partial charge on any atom is 0.267 e. The third-order valence-electron chi connectivity index (χ3n) is 4.58. The second-order valence-electron chi connectivity index (χ2n) is 6.28. The molecular formula is C19H18N2O3. The lowest BCUT2D eigenvalue weighted by Gasteiger charge is -2.42. The van der Waals surface area contributed by atoms with E-state index in [1.165, 1.54) is 5.56 Å². The number of carbonyl (C=O) groups is 1. The number of aromatic hydroxyl groups is 1. The number of phenols is 1. The highest BCUT2D eigenvalue weighted by atomic mass is 16.5. The first-order valence-electron chi connectivity index (χ1n) is 7.90. The molecule has 24 heavy (non-hydrogen) atoms. The van der Waals surface area contributed by atoms with Crippen LogP contribution in [0.25, 0.3) is 10.9 Å². The first-order valence-corrected chi connectivity index (χ1v) is 7.90. The highest BCUT2D eigenvalue weighted by Crippen LogP contribution is 2.31. The Labute approximate surface area is 139 Å². The highest BCUT2D eigenvalue weighted by molar-refractivity contribution is 5.98. The van der Waals surface area contributed by atoms with Crippen molar-refractivity contribution in [3.05, 3.63) is 65.9 Å². The SMILES string of the molecule is O=C(NCC1(c2ccccc2)COC1)c1cc2cc(O)ccc2[nH]1. The average Bonchev–Trinajstić information content (AvgIpc) is 2.98. The number of rotatable bonds is 4. The number of carbonyl (C=O) groups excluding carboxylic acids is 1. The van der Waals surface area contributed by atoms with Gasteiger partial charge >= 0.3 is 0 Å². The number of phenolic OH excluding ortho intramolecular Hbond substituents is 1. The van der Waals surface area contributed by atoms with E-state index in [4.69, 9.17) is 4.74 Å². The minimum atomic E-state index is -0.159. The van der Waals surface area contributed by atoms with Crippen molar-refractivity contribution in [3.8, 4) is 5.75 Å². The van der Waals surface area contributed by atoms with E-state index in [1.807, 2.05) is 18.2 Å². The Hall–Kier alpha value is -2.79. The van der Waals surface area contributed by atoms with Crippen molar-refractivity contribution in [1.82, 2.24) is 10.3 Å². The maximum atomic E-state index is 12.5. The minimum Gasteiger partial charge on any atom is -0.508 e. The zero-order chi connectivity index (χ0) is 16.6. The highest BCUT2D eigenvalue weighted by Gasteiger charge is 2.40. The van der Waals surface area contributed by atoms with Crippen LogP contribution in [-0.4, -0.2) is 35.8 Å². The zero-order valence-electron chi connectivity index (χ0n) is 13.1.